The molecular weight excluding hydrogens is 281 g/mol. The minimum Gasteiger partial charge on any atom is -0.484 e. The Balaban J connectivity index is 2.61. The van der Waals surface area contributed by atoms with Gasteiger partial charge >= 0.3 is 0 Å². The van der Waals surface area contributed by atoms with Gasteiger partial charge in [0, 0.05) is 23.6 Å². The molecule has 0 N–H and O–H groups in total. The second kappa shape index (κ2) is 5.37. The first kappa shape index (κ1) is 12.3. The van der Waals surface area contributed by atoms with Crippen molar-refractivity contribution in [1.82, 2.24) is 4.90 Å². The van der Waals surface area contributed by atoms with E-state index in [2.05, 4.69) is 15.9 Å². The van der Waals surface area contributed by atoms with Crippen LogP contribution in [0, 0.1) is 0 Å². The first-order valence-corrected chi connectivity index (χ1v) is 5.45. The minimum absolute atomic E-state index is 0.0137. The summed E-state index contributed by atoms with van der Waals surface area (Å²) in [6.07, 6.45) is 0. The number of likely N-dealkylation sites (N-methyl/N-ethyl adjacent to an activating group) is 1. The number of rotatable bonds is 3. The van der Waals surface area contributed by atoms with Gasteiger partial charge in [0.25, 0.3) is 5.91 Å². The summed E-state index contributed by atoms with van der Waals surface area (Å²) >= 11 is 9.11. The lowest BCUT2D eigenvalue weighted by molar-refractivity contribution is -0.130. The summed E-state index contributed by atoms with van der Waals surface area (Å²) in [4.78, 5) is 12.7. The number of amides is 1. The maximum atomic E-state index is 11.2. The largest absolute Gasteiger partial charge is 0.484 e. The molecule has 1 aromatic rings. The maximum absolute atomic E-state index is 11.2. The highest BCUT2D eigenvalue weighted by atomic mass is 79.9. The van der Waals surface area contributed by atoms with Gasteiger partial charge in [0.2, 0.25) is 0 Å². The summed E-state index contributed by atoms with van der Waals surface area (Å²) < 4.78 is 6.11. The van der Waals surface area contributed by atoms with Crippen molar-refractivity contribution in [1.29, 1.82) is 0 Å². The number of carbonyl (C=O) groups is 1. The molecular formula is C10H11BrClNO2. The molecule has 0 aliphatic carbocycles. The van der Waals surface area contributed by atoms with E-state index in [-0.39, 0.29) is 12.5 Å². The number of nitrogens with zero attached hydrogens (tertiary/aromatic N) is 1. The zero-order valence-corrected chi connectivity index (χ0v) is 10.8. The molecule has 3 nitrogen and oxygen atoms in total. The van der Waals surface area contributed by atoms with E-state index in [0.717, 1.165) is 4.47 Å². The average Bonchev–Trinajstić information content (AvgIpc) is 2.12. The Labute approximate surface area is 102 Å². The molecule has 0 saturated heterocycles. The summed E-state index contributed by atoms with van der Waals surface area (Å²) in [6.45, 7) is 0.0137. The molecule has 5 heteroatoms. The van der Waals surface area contributed by atoms with Gasteiger partial charge in [0.05, 0.1) is 0 Å². The second-order valence-electron chi connectivity index (χ2n) is 3.18. The molecule has 0 heterocycles. The fraction of sp³-hybridized carbons (Fsp3) is 0.300. The van der Waals surface area contributed by atoms with E-state index in [9.17, 15) is 4.79 Å². The Kier molecular flexibility index (Phi) is 4.42. The van der Waals surface area contributed by atoms with Crippen molar-refractivity contribution in [2.24, 2.45) is 0 Å². The third kappa shape index (κ3) is 4.10. The molecule has 1 amide bonds. The van der Waals surface area contributed by atoms with Gasteiger partial charge in [0.1, 0.15) is 5.75 Å². The average molecular weight is 293 g/mol. The van der Waals surface area contributed by atoms with Crippen LogP contribution < -0.4 is 4.74 Å². The van der Waals surface area contributed by atoms with Crippen molar-refractivity contribution in [3.63, 3.8) is 0 Å². The highest BCUT2D eigenvalue weighted by Gasteiger charge is 2.05. The van der Waals surface area contributed by atoms with E-state index in [1.54, 1.807) is 32.3 Å². The third-order valence-electron chi connectivity index (χ3n) is 1.70. The Hall–Kier alpha value is -0.740. The molecule has 1 rings (SSSR count). The Morgan fingerprint density at radius 1 is 1.47 bits per heavy atom. The van der Waals surface area contributed by atoms with E-state index < -0.39 is 0 Å². The Bertz CT molecular complexity index is 348. The molecule has 0 bridgehead atoms. The minimum atomic E-state index is -0.0916. The fourth-order valence-corrected chi connectivity index (χ4v) is 1.72. The number of halogens is 2. The van der Waals surface area contributed by atoms with Gasteiger partial charge in [-0.3, -0.25) is 4.79 Å². The van der Waals surface area contributed by atoms with Gasteiger partial charge in [-0.15, -0.1) is 0 Å². The van der Waals surface area contributed by atoms with Gasteiger partial charge in [-0.1, -0.05) is 27.5 Å². The highest BCUT2D eigenvalue weighted by molar-refractivity contribution is 9.10. The van der Waals surface area contributed by atoms with Crippen LogP contribution in [0.2, 0.25) is 5.02 Å². The van der Waals surface area contributed by atoms with Crippen LogP contribution in [-0.4, -0.2) is 31.5 Å². The van der Waals surface area contributed by atoms with Crippen LogP contribution in [0.25, 0.3) is 0 Å². The quantitative estimate of drug-likeness (QED) is 0.857. The lowest BCUT2D eigenvalue weighted by Crippen LogP contribution is -2.27. The van der Waals surface area contributed by atoms with Gasteiger partial charge in [-0.05, 0) is 18.2 Å². The summed E-state index contributed by atoms with van der Waals surface area (Å²) in [7, 11) is 3.36. The van der Waals surface area contributed by atoms with Gasteiger partial charge in [0.15, 0.2) is 6.61 Å². The summed E-state index contributed by atoms with van der Waals surface area (Å²) in [5.74, 6) is 0.482. The van der Waals surface area contributed by atoms with Crippen LogP contribution in [0.3, 0.4) is 0 Å². The SMILES string of the molecule is CN(C)C(=O)COc1cc(Cl)cc(Br)c1. The lowest BCUT2D eigenvalue weighted by Gasteiger charge is -2.11. The molecule has 0 saturated carbocycles. The molecule has 0 aliphatic heterocycles. The van der Waals surface area contributed by atoms with E-state index >= 15 is 0 Å². The van der Waals surface area contributed by atoms with Crippen LogP contribution in [-0.2, 0) is 4.79 Å². The van der Waals surface area contributed by atoms with Crippen LogP contribution >= 0.6 is 27.5 Å². The van der Waals surface area contributed by atoms with E-state index in [4.69, 9.17) is 16.3 Å². The van der Waals surface area contributed by atoms with Crippen molar-refractivity contribution in [2.45, 2.75) is 0 Å². The third-order valence-corrected chi connectivity index (χ3v) is 2.37. The molecule has 0 fully saturated rings. The monoisotopic (exact) mass is 291 g/mol. The fourth-order valence-electron chi connectivity index (χ4n) is 0.886. The maximum Gasteiger partial charge on any atom is 0.259 e. The molecule has 82 valence electrons. The number of hydrogen-bond acceptors (Lipinski definition) is 2. The highest BCUT2D eigenvalue weighted by Crippen LogP contribution is 2.24. The van der Waals surface area contributed by atoms with Crippen molar-refractivity contribution in [3.8, 4) is 5.75 Å². The van der Waals surface area contributed by atoms with Crippen LogP contribution in [0.15, 0.2) is 22.7 Å². The zero-order valence-electron chi connectivity index (χ0n) is 8.46. The van der Waals surface area contributed by atoms with Crippen LogP contribution in [0.4, 0.5) is 0 Å². The molecule has 1 aromatic carbocycles. The number of carbonyl (C=O) groups excluding carboxylic acids is 1. The first-order chi connectivity index (χ1) is 6.99. The topological polar surface area (TPSA) is 29.5 Å². The smallest absolute Gasteiger partial charge is 0.259 e. The Morgan fingerprint density at radius 2 is 2.13 bits per heavy atom. The summed E-state index contributed by atoms with van der Waals surface area (Å²) in [5.41, 5.74) is 0. The molecule has 0 spiro atoms. The number of ether oxygens (including phenoxy) is 1. The van der Waals surface area contributed by atoms with Gasteiger partial charge < -0.3 is 9.64 Å². The molecule has 15 heavy (non-hydrogen) atoms. The van der Waals surface area contributed by atoms with E-state index in [0.29, 0.717) is 10.8 Å². The Morgan fingerprint density at radius 3 is 2.67 bits per heavy atom. The van der Waals surface area contributed by atoms with Crippen LogP contribution in [0.1, 0.15) is 0 Å². The van der Waals surface area contributed by atoms with Gasteiger partial charge in [-0.25, -0.2) is 0 Å². The molecule has 0 aliphatic rings. The van der Waals surface area contributed by atoms with Crippen molar-refractivity contribution in [2.75, 3.05) is 20.7 Å². The van der Waals surface area contributed by atoms with Crippen molar-refractivity contribution in [3.05, 3.63) is 27.7 Å². The van der Waals surface area contributed by atoms with Crippen molar-refractivity contribution >= 4 is 33.4 Å². The zero-order chi connectivity index (χ0) is 11.4. The predicted octanol–water partition coefficient (Wildman–Crippen LogP) is 2.57. The van der Waals surface area contributed by atoms with Crippen molar-refractivity contribution < 1.29 is 9.53 Å². The van der Waals surface area contributed by atoms with Gasteiger partial charge in [-0.2, -0.15) is 0 Å². The predicted molar refractivity (Wildman–Crippen MR) is 63.3 cm³/mol. The lowest BCUT2D eigenvalue weighted by atomic mass is 10.3. The first-order valence-electron chi connectivity index (χ1n) is 4.28. The molecule has 0 unspecified atom stereocenters. The van der Waals surface area contributed by atoms with Crippen LogP contribution in [0.5, 0.6) is 5.75 Å². The normalized spacial score (nSPS) is 9.87. The molecule has 0 aromatic heterocycles. The van der Waals surface area contributed by atoms with E-state index in [1.165, 1.54) is 4.90 Å². The molecule has 0 atom stereocenters. The summed E-state index contributed by atoms with van der Waals surface area (Å²) in [6, 6.07) is 5.17. The molecule has 0 radical (unpaired) electrons. The summed E-state index contributed by atoms with van der Waals surface area (Å²) in [5, 5.41) is 0.566. The number of hydrogen-bond donors (Lipinski definition) is 0. The standard InChI is InChI=1S/C10H11BrClNO2/c1-13(2)10(14)6-15-9-4-7(11)3-8(12)5-9/h3-5H,6H2,1-2H3. The van der Waals surface area contributed by atoms with E-state index in [1.807, 2.05) is 0 Å². The number of benzene rings is 1. The second-order valence-corrected chi connectivity index (χ2v) is 4.53.